The number of halogens is 1. The van der Waals surface area contributed by atoms with Crippen molar-refractivity contribution in [2.75, 3.05) is 18.5 Å². The third kappa shape index (κ3) is 3.07. The van der Waals surface area contributed by atoms with Crippen LogP contribution in [0.25, 0.3) is 0 Å². The molecule has 0 radical (unpaired) electrons. The number of oxazole rings is 1. The quantitative estimate of drug-likeness (QED) is 0.896. The number of rotatable bonds is 3. The van der Waals surface area contributed by atoms with Crippen LogP contribution in [-0.2, 0) is 10.3 Å². The van der Waals surface area contributed by atoms with E-state index in [1.807, 2.05) is 0 Å². The molecule has 2 aromatic rings. The standard InChI is InChI=1S/C15H15FN4O3/c1-15(8-22-7-12(17)20-15)10-6-9(2-3-11(10)16)19-13(21)14-18-4-5-23-14/h2-6H,7-8H2,1H3,(H2,17,20)(H,19,21)/t15-/m0/s1. The lowest BCUT2D eigenvalue weighted by atomic mass is 9.92. The highest BCUT2D eigenvalue weighted by atomic mass is 19.1. The molecular formula is C15H15FN4O3. The summed E-state index contributed by atoms with van der Waals surface area (Å²) in [5.74, 6) is -0.762. The Bertz CT molecular complexity index is 760. The molecule has 3 rings (SSSR count). The molecule has 0 bridgehead atoms. The minimum atomic E-state index is -0.948. The molecule has 0 saturated heterocycles. The maximum absolute atomic E-state index is 14.2. The van der Waals surface area contributed by atoms with Gasteiger partial charge < -0.3 is 20.2 Å². The highest BCUT2D eigenvalue weighted by Crippen LogP contribution is 2.32. The Labute approximate surface area is 131 Å². The Hall–Kier alpha value is -2.74. The molecule has 1 aliphatic heterocycles. The Morgan fingerprint density at radius 2 is 2.30 bits per heavy atom. The van der Waals surface area contributed by atoms with Crippen LogP contribution in [0.2, 0.25) is 0 Å². The molecule has 0 aliphatic carbocycles. The van der Waals surface area contributed by atoms with E-state index in [1.54, 1.807) is 6.92 Å². The molecule has 8 heteroatoms. The van der Waals surface area contributed by atoms with Crippen LogP contribution in [0.5, 0.6) is 0 Å². The van der Waals surface area contributed by atoms with Gasteiger partial charge in [-0.3, -0.25) is 9.79 Å². The summed E-state index contributed by atoms with van der Waals surface area (Å²) in [6.07, 6.45) is 2.66. The number of nitrogens with zero attached hydrogens (tertiary/aromatic N) is 2. The first-order valence-corrected chi connectivity index (χ1v) is 6.91. The molecule has 120 valence electrons. The fourth-order valence-electron chi connectivity index (χ4n) is 2.41. The minimum Gasteiger partial charge on any atom is -0.441 e. The number of nitrogens with two attached hydrogens (primary N) is 1. The summed E-state index contributed by atoms with van der Waals surface area (Å²) in [6.45, 7) is 2.14. The van der Waals surface area contributed by atoms with Gasteiger partial charge in [-0.25, -0.2) is 9.37 Å². The van der Waals surface area contributed by atoms with Gasteiger partial charge in [0.1, 0.15) is 30.1 Å². The minimum absolute atomic E-state index is 0.0784. The largest absolute Gasteiger partial charge is 0.441 e. The lowest BCUT2D eigenvalue weighted by Crippen LogP contribution is -2.38. The first kappa shape index (κ1) is 15.2. The highest BCUT2D eigenvalue weighted by Gasteiger charge is 2.33. The maximum atomic E-state index is 14.2. The van der Waals surface area contributed by atoms with Crippen LogP contribution < -0.4 is 11.1 Å². The highest BCUT2D eigenvalue weighted by molar-refractivity contribution is 6.00. The third-order valence-corrected chi connectivity index (χ3v) is 3.45. The Morgan fingerprint density at radius 3 is 3.00 bits per heavy atom. The van der Waals surface area contributed by atoms with E-state index < -0.39 is 17.3 Å². The number of aromatic nitrogens is 1. The fraction of sp³-hybridized carbons (Fsp3) is 0.267. The normalized spacial score (nSPS) is 20.9. The van der Waals surface area contributed by atoms with E-state index in [2.05, 4.69) is 15.3 Å². The van der Waals surface area contributed by atoms with Crippen molar-refractivity contribution in [3.05, 3.63) is 47.9 Å². The van der Waals surface area contributed by atoms with Crippen molar-refractivity contribution < 1.29 is 18.3 Å². The molecule has 1 aromatic heterocycles. The van der Waals surface area contributed by atoms with Crippen molar-refractivity contribution in [2.24, 2.45) is 10.7 Å². The van der Waals surface area contributed by atoms with Gasteiger partial charge in [0.05, 0.1) is 12.8 Å². The average Bonchev–Trinajstić information content (AvgIpc) is 3.03. The van der Waals surface area contributed by atoms with Gasteiger partial charge in [-0.2, -0.15) is 0 Å². The van der Waals surface area contributed by atoms with Crippen LogP contribution in [0.3, 0.4) is 0 Å². The summed E-state index contributed by atoms with van der Waals surface area (Å²) < 4.78 is 24.5. The first-order valence-electron chi connectivity index (χ1n) is 6.91. The van der Waals surface area contributed by atoms with Crippen LogP contribution >= 0.6 is 0 Å². The van der Waals surface area contributed by atoms with Crippen molar-refractivity contribution in [1.82, 2.24) is 4.98 Å². The predicted octanol–water partition coefficient (Wildman–Crippen LogP) is 1.67. The number of amides is 1. The van der Waals surface area contributed by atoms with Crippen LogP contribution in [-0.4, -0.2) is 29.9 Å². The molecule has 7 nitrogen and oxygen atoms in total. The number of hydrogen-bond acceptors (Lipinski definition) is 6. The molecule has 0 fully saturated rings. The van der Waals surface area contributed by atoms with E-state index in [0.29, 0.717) is 11.5 Å². The second-order valence-corrected chi connectivity index (χ2v) is 5.36. The smallest absolute Gasteiger partial charge is 0.311 e. The van der Waals surface area contributed by atoms with Crippen molar-refractivity contribution in [1.29, 1.82) is 0 Å². The van der Waals surface area contributed by atoms with E-state index in [0.717, 1.165) is 0 Å². The molecule has 1 amide bonds. The van der Waals surface area contributed by atoms with Crippen LogP contribution in [0.4, 0.5) is 10.1 Å². The van der Waals surface area contributed by atoms with E-state index in [1.165, 1.54) is 30.7 Å². The first-order chi connectivity index (χ1) is 11.0. The lowest BCUT2D eigenvalue weighted by Gasteiger charge is -2.30. The number of aliphatic imine (C=N–C) groups is 1. The number of anilines is 1. The number of carbonyl (C=O) groups excluding carboxylic acids is 1. The van der Waals surface area contributed by atoms with E-state index in [-0.39, 0.29) is 24.7 Å². The Balaban J connectivity index is 1.90. The summed E-state index contributed by atoms with van der Waals surface area (Å²) >= 11 is 0. The maximum Gasteiger partial charge on any atom is 0.311 e. The van der Waals surface area contributed by atoms with Gasteiger partial charge in [-0.15, -0.1) is 0 Å². The second kappa shape index (κ2) is 5.81. The van der Waals surface area contributed by atoms with Crippen LogP contribution in [0.15, 0.2) is 40.1 Å². The molecule has 0 saturated carbocycles. The molecule has 0 spiro atoms. The Kier molecular flexibility index (Phi) is 3.83. The zero-order chi connectivity index (χ0) is 16.4. The van der Waals surface area contributed by atoms with E-state index in [4.69, 9.17) is 14.9 Å². The number of ether oxygens (including phenoxy) is 1. The van der Waals surface area contributed by atoms with Gasteiger partial charge in [0.15, 0.2) is 0 Å². The molecule has 1 aliphatic rings. The monoisotopic (exact) mass is 318 g/mol. The van der Waals surface area contributed by atoms with Gasteiger partial charge in [0, 0.05) is 11.3 Å². The summed E-state index contributed by atoms with van der Waals surface area (Å²) in [6, 6.07) is 4.20. The summed E-state index contributed by atoms with van der Waals surface area (Å²) in [7, 11) is 0. The molecule has 0 unspecified atom stereocenters. The number of amidine groups is 1. The van der Waals surface area contributed by atoms with Gasteiger partial charge >= 0.3 is 5.91 Å². The van der Waals surface area contributed by atoms with Crippen molar-refractivity contribution in [3.8, 4) is 0 Å². The second-order valence-electron chi connectivity index (χ2n) is 5.36. The van der Waals surface area contributed by atoms with Crippen LogP contribution in [0, 0.1) is 5.82 Å². The zero-order valence-electron chi connectivity index (χ0n) is 12.4. The fourth-order valence-corrected chi connectivity index (χ4v) is 2.41. The summed E-state index contributed by atoms with van der Waals surface area (Å²) in [5, 5.41) is 2.60. The zero-order valence-corrected chi connectivity index (χ0v) is 12.4. The molecular weight excluding hydrogens is 303 g/mol. The third-order valence-electron chi connectivity index (χ3n) is 3.45. The number of hydrogen-bond donors (Lipinski definition) is 2. The summed E-state index contributed by atoms with van der Waals surface area (Å²) in [4.78, 5) is 20.0. The summed E-state index contributed by atoms with van der Waals surface area (Å²) in [5.41, 5.74) is 5.42. The van der Waals surface area contributed by atoms with Gasteiger partial charge in [0.2, 0.25) is 0 Å². The lowest BCUT2D eigenvalue weighted by molar-refractivity contribution is 0.0989. The van der Waals surface area contributed by atoms with Crippen molar-refractivity contribution in [2.45, 2.75) is 12.5 Å². The van der Waals surface area contributed by atoms with Gasteiger partial charge in [-0.1, -0.05) is 0 Å². The van der Waals surface area contributed by atoms with Gasteiger partial charge in [-0.05, 0) is 25.1 Å². The molecule has 3 N–H and O–H groups in total. The van der Waals surface area contributed by atoms with Crippen LogP contribution in [0.1, 0.15) is 23.2 Å². The van der Waals surface area contributed by atoms with Gasteiger partial charge in [0.25, 0.3) is 5.89 Å². The van der Waals surface area contributed by atoms with Crippen molar-refractivity contribution >= 4 is 17.4 Å². The van der Waals surface area contributed by atoms with E-state index >= 15 is 0 Å². The number of benzene rings is 1. The van der Waals surface area contributed by atoms with E-state index in [9.17, 15) is 9.18 Å². The molecule has 23 heavy (non-hydrogen) atoms. The van der Waals surface area contributed by atoms with Crippen molar-refractivity contribution in [3.63, 3.8) is 0 Å². The topological polar surface area (TPSA) is 103 Å². The Morgan fingerprint density at radius 1 is 1.48 bits per heavy atom. The number of nitrogens with one attached hydrogen (secondary N) is 1. The predicted molar refractivity (Wildman–Crippen MR) is 80.6 cm³/mol. The average molecular weight is 318 g/mol. The molecule has 1 aromatic carbocycles. The molecule has 2 heterocycles. The SMILES string of the molecule is C[C@@]1(c2cc(NC(=O)c3ncco3)ccc2F)COCC(N)=N1. The molecule has 1 atom stereocenters. The number of carbonyl (C=O) groups is 1.